The molecule has 1 saturated heterocycles. The second kappa shape index (κ2) is 7.05. The molecule has 1 heterocycles. The van der Waals surface area contributed by atoms with Crippen LogP contribution in [0.1, 0.15) is 18.9 Å². The van der Waals surface area contributed by atoms with Gasteiger partial charge in [-0.05, 0) is 18.9 Å². The van der Waals surface area contributed by atoms with E-state index >= 15 is 0 Å². The fourth-order valence-corrected chi connectivity index (χ4v) is 2.30. The van der Waals surface area contributed by atoms with E-state index in [-0.39, 0.29) is 24.2 Å². The van der Waals surface area contributed by atoms with Gasteiger partial charge >= 0.3 is 0 Å². The molecular formula is C15H20N2O3. The Hall–Kier alpha value is -1.88. The Bertz CT molecular complexity index is 461. The molecular weight excluding hydrogens is 256 g/mol. The summed E-state index contributed by atoms with van der Waals surface area (Å²) in [6.45, 7) is 3.35. The van der Waals surface area contributed by atoms with E-state index in [2.05, 4.69) is 5.48 Å². The number of rotatable bonds is 6. The number of nitrogens with one attached hydrogen (secondary N) is 1. The first-order valence-corrected chi connectivity index (χ1v) is 6.94. The van der Waals surface area contributed by atoms with Gasteiger partial charge in [-0.2, -0.15) is 0 Å². The number of benzene rings is 1. The van der Waals surface area contributed by atoms with E-state index in [0.717, 1.165) is 6.42 Å². The van der Waals surface area contributed by atoms with Crippen molar-refractivity contribution in [3.05, 3.63) is 35.9 Å². The molecule has 1 aromatic rings. The smallest absolute Gasteiger partial charge is 0.248 e. The van der Waals surface area contributed by atoms with Gasteiger partial charge in [-0.3, -0.25) is 14.4 Å². The summed E-state index contributed by atoms with van der Waals surface area (Å²) in [5, 5.41) is 0. The highest BCUT2D eigenvalue weighted by atomic mass is 16.6. The average Bonchev–Trinajstić information content (AvgIpc) is 2.85. The maximum atomic E-state index is 11.9. The Morgan fingerprint density at radius 1 is 1.40 bits per heavy atom. The van der Waals surface area contributed by atoms with Crippen LogP contribution < -0.4 is 5.48 Å². The maximum absolute atomic E-state index is 11.9. The third kappa shape index (κ3) is 3.81. The minimum atomic E-state index is -0.301. The molecule has 1 N–H and O–H groups in total. The quantitative estimate of drug-likeness (QED) is 0.793. The SMILES string of the molecule is CCONC(=O)C1CC(=O)N(CCc2ccccc2)C1. The van der Waals surface area contributed by atoms with E-state index in [0.29, 0.717) is 19.7 Å². The largest absolute Gasteiger partial charge is 0.342 e. The van der Waals surface area contributed by atoms with E-state index in [9.17, 15) is 9.59 Å². The standard InChI is InChI=1S/C15H20N2O3/c1-2-20-16-15(19)13-10-14(18)17(11-13)9-8-12-6-4-3-5-7-12/h3-7,13H,2,8-11H2,1H3,(H,16,19). The lowest BCUT2D eigenvalue weighted by Gasteiger charge is -2.16. The van der Waals surface area contributed by atoms with Crippen molar-refractivity contribution >= 4 is 11.8 Å². The zero-order chi connectivity index (χ0) is 14.4. The Morgan fingerprint density at radius 3 is 2.85 bits per heavy atom. The second-order valence-corrected chi connectivity index (χ2v) is 4.88. The molecule has 0 spiro atoms. The zero-order valence-electron chi connectivity index (χ0n) is 11.7. The van der Waals surface area contributed by atoms with E-state index in [1.54, 1.807) is 11.8 Å². The molecule has 5 heteroatoms. The number of carbonyl (C=O) groups excluding carboxylic acids is 2. The third-order valence-electron chi connectivity index (χ3n) is 3.42. The van der Waals surface area contributed by atoms with Gasteiger partial charge < -0.3 is 4.90 Å². The lowest BCUT2D eigenvalue weighted by atomic mass is 10.1. The van der Waals surface area contributed by atoms with Crippen LogP contribution in [0.4, 0.5) is 0 Å². The second-order valence-electron chi connectivity index (χ2n) is 4.88. The average molecular weight is 276 g/mol. The topological polar surface area (TPSA) is 58.6 Å². The molecule has 0 aromatic heterocycles. The molecule has 5 nitrogen and oxygen atoms in total. The predicted octanol–water partition coefficient (Wildman–Crippen LogP) is 1.15. The Morgan fingerprint density at radius 2 is 2.15 bits per heavy atom. The molecule has 108 valence electrons. The van der Waals surface area contributed by atoms with Crippen molar-refractivity contribution in [1.82, 2.24) is 10.4 Å². The highest BCUT2D eigenvalue weighted by molar-refractivity contribution is 5.88. The van der Waals surface area contributed by atoms with Gasteiger partial charge in [-0.1, -0.05) is 30.3 Å². The Balaban J connectivity index is 1.82. The normalized spacial score (nSPS) is 18.4. The van der Waals surface area contributed by atoms with Crippen molar-refractivity contribution in [3.63, 3.8) is 0 Å². The summed E-state index contributed by atoms with van der Waals surface area (Å²) < 4.78 is 0. The molecule has 2 amide bonds. The van der Waals surface area contributed by atoms with E-state index < -0.39 is 0 Å². The molecule has 1 aliphatic rings. The minimum Gasteiger partial charge on any atom is -0.342 e. The molecule has 0 saturated carbocycles. The van der Waals surface area contributed by atoms with Crippen LogP contribution in [0.5, 0.6) is 0 Å². The van der Waals surface area contributed by atoms with Gasteiger partial charge in [0.2, 0.25) is 11.8 Å². The monoisotopic (exact) mass is 276 g/mol. The van der Waals surface area contributed by atoms with E-state index in [1.165, 1.54) is 5.56 Å². The van der Waals surface area contributed by atoms with Crippen LogP contribution in [0.25, 0.3) is 0 Å². The van der Waals surface area contributed by atoms with Crippen LogP contribution in [0.2, 0.25) is 0 Å². The lowest BCUT2D eigenvalue weighted by molar-refractivity contribution is -0.137. The molecule has 1 aliphatic heterocycles. The van der Waals surface area contributed by atoms with Crippen LogP contribution in [-0.2, 0) is 20.8 Å². The van der Waals surface area contributed by atoms with Crippen LogP contribution in [0.3, 0.4) is 0 Å². The van der Waals surface area contributed by atoms with Crippen LogP contribution in [0.15, 0.2) is 30.3 Å². The van der Waals surface area contributed by atoms with Crippen LogP contribution in [-0.4, -0.2) is 36.4 Å². The Labute approximate surface area is 118 Å². The molecule has 20 heavy (non-hydrogen) atoms. The molecule has 1 aromatic carbocycles. The highest BCUT2D eigenvalue weighted by Gasteiger charge is 2.34. The van der Waals surface area contributed by atoms with Crippen molar-refractivity contribution < 1.29 is 14.4 Å². The molecule has 1 fully saturated rings. The lowest BCUT2D eigenvalue weighted by Crippen LogP contribution is -2.33. The summed E-state index contributed by atoms with van der Waals surface area (Å²) >= 11 is 0. The maximum Gasteiger partial charge on any atom is 0.248 e. The number of hydrogen-bond acceptors (Lipinski definition) is 3. The molecule has 1 atom stereocenters. The van der Waals surface area contributed by atoms with Gasteiger partial charge in [-0.25, -0.2) is 5.48 Å². The third-order valence-corrected chi connectivity index (χ3v) is 3.42. The van der Waals surface area contributed by atoms with Crippen molar-refractivity contribution in [2.45, 2.75) is 19.8 Å². The first-order chi connectivity index (χ1) is 9.70. The number of nitrogens with zero attached hydrogens (tertiary/aromatic N) is 1. The van der Waals surface area contributed by atoms with Gasteiger partial charge in [0.15, 0.2) is 0 Å². The molecule has 0 bridgehead atoms. The summed E-state index contributed by atoms with van der Waals surface area (Å²) in [7, 11) is 0. The summed E-state index contributed by atoms with van der Waals surface area (Å²) in [6.07, 6.45) is 1.08. The number of hydroxylamine groups is 1. The van der Waals surface area contributed by atoms with Crippen molar-refractivity contribution in [2.75, 3.05) is 19.7 Å². The molecule has 2 rings (SSSR count). The number of hydrogen-bond donors (Lipinski definition) is 1. The summed E-state index contributed by atoms with van der Waals surface area (Å²) in [5.74, 6) is -0.468. The van der Waals surface area contributed by atoms with Crippen molar-refractivity contribution in [1.29, 1.82) is 0 Å². The van der Waals surface area contributed by atoms with Crippen molar-refractivity contribution in [3.8, 4) is 0 Å². The summed E-state index contributed by atoms with van der Waals surface area (Å²) in [4.78, 5) is 30.3. The van der Waals surface area contributed by atoms with Gasteiger partial charge in [0, 0.05) is 19.5 Å². The fourth-order valence-electron chi connectivity index (χ4n) is 2.30. The summed E-state index contributed by atoms with van der Waals surface area (Å²) in [5.41, 5.74) is 3.57. The number of likely N-dealkylation sites (tertiary alicyclic amines) is 1. The van der Waals surface area contributed by atoms with Gasteiger partial charge in [0.25, 0.3) is 0 Å². The minimum absolute atomic E-state index is 0.0394. The highest BCUT2D eigenvalue weighted by Crippen LogP contribution is 2.18. The van der Waals surface area contributed by atoms with Crippen LogP contribution >= 0.6 is 0 Å². The van der Waals surface area contributed by atoms with E-state index in [1.807, 2.05) is 30.3 Å². The molecule has 0 radical (unpaired) electrons. The van der Waals surface area contributed by atoms with Gasteiger partial charge in [0.1, 0.15) is 0 Å². The predicted molar refractivity (Wildman–Crippen MR) is 74.6 cm³/mol. The van der Waals surface area contributed by atoms with E-state index in [4.69, 9.17) is 4.84 Å². The zero-order valence-corrected chi connectivity index (χ0v) is 11.7. The first-order valence-electron chi connectivity index (χ1n) is 6.94. The van der Waals surface area contributed by atoms with Gasteiger partial charge in [-0.15, -0.1) is 0 Å². The molecule has 1 unspecified atom stereocenters. The van der Waals surface area contributed by atoms with Gasteiger partial charge in [0.05, 0.1) is 12.5 Å². The number of amides is 2. The number of carbonyl (C=O) groups is 2. The fraction of sp³-hybridized carbons (Fsp3) is 0.467. The summed E-state index contributed by atoms with van der Waals surface area (Å²) in [6, 6.07) is 10.0. The first kappa shape index (κ1) is 14.5. The Kier molecular flexibility index (Phi) is 5.12. The molecule has 0 aliphatic carbocycles. The van der Waals surface area contributed by atoms with Crippen LogP contribution in [0, 0.1) is 5.92 Å². The van der Waals surface area contributed by atoms with Crippen molar-refractivity contribution in [2.24, 2.45) is 5.92 Å².